The molecule has 4 aliphatic rings. The van der Waals surface area contributed by atoms with Crippen LogP contribution in [0.4, 0.5) is 0 Å². The third-order valence-corrected chi connectivity index (χ3v) is 9.75. The number of likely N-dealkylation sites (tertiary alicyclic amines) is 1. The van der Waals surface area contributed by atoms with E-state index < -0.39 is 11.0 Å². The molecule has 38 heavy (non-hydrogen) atoms. The fourth-order valence-corrected chi connectivity index (χ4v) is 7.72. The second-order valence-electron chi connectivity index (χ2n) is 11.4. The molecule has 1 saturated heterocycles. The molecule has 2 aromatic rings. The van der Waals surface area contributed by atoms with Crippen LogP contribution in [0.25, 0.3) is 0 Å². The lowest BCUT2D eigenvalue weighted by molar-refractivity contribution is -0.197. The van der Waals surface area contributed by atoms with Crippen LogP contribution in [-0.2, 0) is 16.6 Å². The van der Waals surface area contributed by atoms with Gasteiger partial charge in [0.1, 0.15) is 6.10 Å². The van der Waals surface area contributed by atoms with E-state index in [1.54, 1.807) is 12.0 Å². The van der Waals surface area contributed by atoms with Gasteiger partial charge in [0.25, 0.3) is 5.91 Å². The molecule has 198 valence electrons. The zero-order valence-corrected chi connectivity index (χ0v) is 22.7. The third-order valence-electron chi connectivity index (χ3n) is 9.75. The van der Waals surface area contributed by atoms with Gasteiger partial charge < -0.3 is 19.5 Å². The summed E-state index contributed by atoms with van der Waals surface area (Å²) >= 11 is 0. The van der Waals surface area contributed by atoms with Crippen LogP contribution in [-0.4, -0.2) is 71.8 Å². The predicted octanol–water partition coefficient (Wildman–Crippen LogP) is 3.53. The number of rotatable bonds is 4. The van der Waals surface area contributed by atoms with Crippen LogP contribution in [0.15, 0.2) is 43.0 Å². The lowest BCUT2D eigenvalue weighted by Gasteiger charge is -2.64. The molecular weight excluding hydrogens is 476 g/mol. The van der Waals surface area contributed by atoms with Crippen LogP contribution < -0.4 is 9.47 Å². The van der Waals surface area contributed by atoms with Gasteiger partial charge in [0, 0.05) is 36.7 Å². The molecule has 6 heteroatoms. The number of hydrogen-bond donors (Lipinski definition) is 1. The molecule has 2 fully saturated rings. The van der Waals surface area contributed by atoms with Crippen molar-refractivity contribution in [3.63, 3.8) is 0 Å². The van der Waals surface area contributed by atoms with Gasteiger partial charge in [-0.25, -0.2) is 0 Å². The third kappa shape index (κ3) is 3.31. The SMILES string of the molecule is C=CCN1CC[C@]23c4c5ccc(OC)c4O[C@H]2[C@H](N(C)C(=O)C#Cc2ccc(C)c(C)c2)CC[C@@]3(O)[C@H]1C5. The molecule has 2 bridgehead atoms. The molecule has 6 nitrogen and oxygen atoms in total. The molecule has 0 radical (unpaired) electrons. The number of likely N-dealkylation sites (N-methyl/N-ethyl adjacent to an activating group) is 1. The van der Waals surface area contributed by atoms with E-state index in [1.807, 2.05) is 44.3 Å². The molecule has 0 aromatic heterocycles. The molecule has 1 N–H and O–H groups in total. The minimum Gasteiger partial charge on any atom is -0.493 e. The normalized spacial score (nSPS) is 30.4. The van der Waals surface area contributed by atoms with Gasteiger partial charge >= 0.3 is 0 Å². The Balaban J connectivity index is 1.39. The zero-order valence-electron chi connectivity index (χ0n) is 22.7. The van der Waals surface area contributed by atoms with Gasteiger partial charge in [0.15, 0.2) is 11.5 Å². The van der Waals surface area contributed by atoms with E-state index in [9.17, 15) is 9.90 Å². The van der Waals surface area contributed by atoms with Crippen molar-refractivity contribution in [2.24, 2.45) is 0 Å². The Labute approximate surface area is 225 Å². The summed E-state index contributed by atoms with van der Waals surface area (Å²) in [6.07, 6.45) is 4.28. The molecule has 0 unspecified atom stereocenters. The standard InChI is InChI=1S/C32H36N2O4/c1-6-16-34-17-15-31-28-23-10-11-25(37-5)29(28)38-30(31)24(13-14-32(31,36)26(34)19-23)33(4)27(35)12-9-22-8-7-20(2)21(3)18-22/h6-8,10-11,18,24,26,30,36H,1,13-17,19H2,2-5H3/t24-,26-,30+,31+,32-/m1/s1. The first-order valence-corrected chi connectivity index (χ1v) is 13.6. The molecule has 5 atom stereocenters. The average molecular weight is 513 g/mol. The maximum Gasteiger partial charge on any atom is 0.298 e. The Morgan fingerprint density at radius 1 is 1.29 bits per heavy atom. The van der Waals surface area contributed by atoms with Crippen LogP contribution in [0.5, 0.6) is 11.5 Å². The number of amides is 1. The Kier molecular flexibility index (Phi) is 5.86. The first-order chi connectivity index (χ1) is 18.2. The molecule has 2 aromatic carbocycles. The maximum atomic E-state index is 13.4. The van der Waals surface area contributed by atoms with Crippen molar-refractivity contribution in [2.75, 3.05) is 27.2 Å². The van der Waals surface area contributed by atoms with E-state index in [2.05, 4.69) is 36.3 Å². The van der Waals surface area contributed by atoms with Gasteiger partial charge in [-0.1, -0.05) is 24.1 Å². The molecule has 6 rings (SSSR count). The van der Waals surface area contributed by atoms with Crippen LogP contribution in [0, 0.1) is 25.7 Å². The summed E-state index contributed by atoms with van der Waals surface area (Å²) in [5.41, 5.74) is 3.91. The summed E-state index contributed by atoms with van der Waals surface area (Å²) in [5.74, 6) is 7.10. The fourth-order valence-electron chi connectivity index (χ4n) is 7.72. The number of aryl methyl sites for hydroxylation is 2. The van der Waals surface area contributed by atoms with E-state index in [4.69, 9.17) is 9.47 Å². The largest absolute Gasteiger partial charge is 0.493 e. The van der Waals surface area contributed by atoms with Crippen molar-refractivity contribution >= 4 is 5.91 Å². The van der Waals surface area contributed by atoms with E-state index >= 15 is 0 Å². The second kappa shape index (κ2) is 8.90. The number of benzene rings is 2. The molecular formula is C32H36N2O4. The van der Waals surface area contributed by atoms with Crippen molar-refractivity contribution in [1.29, 1.82) is 0 Å². The number of hydrogen-bond acceptors (Lipinski definition) is 5. The van der Waals surface area contributed by atoms with Crippen molar-refractivity contribution in [3.05, 3.63) is 70.8 Å². The number of ether oxygens (including phenoxy) is 2. The van der Waals surface area contributed by atoms with Crippen molar-refractivity contribution in [1.82, 2.24) is 9.80 Å². The number of methoxy groups -OCH3 is 1. The van der Waals surface area contributed by atoms with Gasteiger partial charge in [0.2, 0.25) is 0 Å². The highest BCUT2D eigenvalue weighted by molar-refractivity contribution is 5.94. The van der Waals surface area contributed by atoms with E-state index in [0.717, 1.165) is 48.4 Å². The van der Waals surface area contributed by atoms with E-state index in [-0.39, 0.29) is 24.1 Å². The monoisotopic (exact) mass is 512 g/mol. The summed E-state index contributed by atoms with van der Waals surface area (Å²) in [5, 5.41) is 12.6. The highest BCUT2D eigenvalue weighted by Crippen LogP contribution is 2.65. The Morgan fingerprint density at radius 2 is 2.11 bits per heavy atom. The van der Waals surface area contributed by atoms with Gasteiger partial charge in [-0.3, -0.25) is 9.69 Å². The first-order valence-electron chi connectivity index (χ1n) is 13.6. The minimum atomic E-state index is -0.963. The smallest absolute Gasteiger partial charge is 0.298 e. The van der Waals surface area contributed by atoms with Crippen molar-refractivity contribution in [3.8, 4) is 23.3 Å². The minimum absolute atomic E-state index is 0.0290. The number of piperidine rings is 1. The van der Waals surface area contributed by atoms with Gasteiger partial charge in [0.05, 0.1) is 24.2 Å². The molecule has 1 saturated carbocycles. The summed E-state index contributed by atoms with van der Waals surface area (Å²) in [4.78, 5) is 17.5. The van der Waals surface area contributed by atoms with Crippen LogP contribution in [0.2, 0.25) is 0 Å². The lowest BCUT2D eigenvalue weighted by atomic mass is 9.48. The number of aliphatic hydroxyl groups is 1. The van der Waals surface area contributed by atoms with Gasteiger partial charge in [-0.2, -0.15) is 0 Å². The second-order valence-corrected chi connectivity index (χ2v) is 11.4. The fraction of sp³-hybridized carbons (Fsp3) is 0.469. The quantitative estimate of drug-likeness (QED) is 0.502. The Hall–Kier alpha value is -3.27. The van der Waals surface area contributed by atoms with Gasteiger partial charge in [-0.15, -0.1) is 6.58 Å². The lowest BCUT2D eigenvalue weighted by Crippen LogP contribution is -2.78. The Morgan fingerprint density at radius 3 is 2.84 bits per heavy atom. The predicted molar refractivity (Wildman–Crippen MR) is 147 cm³/mol. The molecule has 2 aliphatic carbocycles. The topological polar surface area (TPSA) is 62.2 Å². The summed E-state index contributed by atoms with van der Waals surface area (Å²) < 4.78 is 12.5. The molecule has 1 spiro atoms. The summed E-state index contributed by atoms with van der Waals surface area (Å²) in [6, 6.07) is 9.85. The van der Waals surface area contributed by atoms with E-state index in [1.165, 1.54) is 11.1 Å². The van der Waals surface area contributed by atoms with Crippen LogP contribution in [0.3, 0.4) is 0 Å². The Bertz CT molecular complexity index is 1390. The zero-order chi connectivity index (χ0) is 26.8. The van der Waals surface area contributed by atoms with Crippen molar-refractivity contribution < 1.29 is 19.4 Å². The number of nitrogens with zero attached hydrogens (tertiary/aromatic N) is 2. The van der Waals surface area contributed by atoms with Crippen molar-refractivity contribution in [2.45, 2.75) is 68.7 Å². The average Bonchev–Trinajstić information content (AvgIpc) is 3.26. The van der Waals surface area contributed by atoms with E-state index in [0.29, 0.717) is 18.6 Å². The number of carbonyl (C=O) groups is 1. The molecule has 2 aliphatic heterocycles. The van der Waals surface area contributed by atoms with Crippen LogP contribution in [0.1, 0.15) is 47.1 Å². The molecule has 2 heterocycles. The first kappa shape index (κ1) is 25.0. The summed E-state index contributed by atoms with van der Waals surface area (Å²) in [7, 11) is 3.47. The number of carbonyl (C=O) groups excluding carboxylic acids is 1. The van der Waals surface area contributed by atoms with Gasteiger partial charge in [-0.05, 0) is 81.0 Å². The highest BCUT2D eigenvalue weighted by atomic mass is 16.5. The highest BCUT2D eigenvalue weighted by Gasteiger charge is 2.73. The maximum absolute atomic E-state index is 13.4. The van der Waals surface area contributed by atoms with Crippen LogP contribution >= 0.6 is 0 Å². The molecule has 1 amide bonds. The summed E-state index contributed by atoms with van der Waals surface area (Å²) in [6.45, 7) is 9.65.